The summed E-state index contributed by atoms with van der Waals surface area (Å²) >= 11 is 5.98. The Kier molecular flexibility index (Phi) is 6.51. The maximum absolute atomic E-state index is 13.1. The van der Waals surface area contributed by atoms with Gasteiger partial charge in [0.2, 0.25) is 0 Å². The SMILES string of the molecule is CN(C)c1ccc([C@@H]2C(=C(O)c3ccc(Cl)cc3)C(=O)C(=O)N2CCCn2ccnc2)cc1. The molecule has 1 aliphatic rings. The van der Waals surface area contributed by atoms with Gasteiger partial charge in [-0.3, -0.25) is 9.59 Å². The van der Waals surface area contributed by atoms with Crippen molar-refractivity contribution in [2.24, 2.45) is 0 Å². The molecule has 170 valence electrons. The lowest BCUT2D eigenvalue weighted by Gasteiger charge is -2.26. The van der Waals surface area contributed by atoms with Gasteiger partial charge in [0.05, 0.1) is 17.9 Å². The predicted molar refractivity (Wildman–Crippen MR) is 128 cm³/mol. The third kappa shape index (κ3) is 4.64. The molecule has 1 aliphatic heterocycles. The third-order valence-corrected chi connectivity index (χ3v) is 6.01. The topological polar surface area (TPSA) is 78.7 Å². The van der Waals surface area contributed by atoms with Crippen LogP contribution in [0.2, 0.25) is 5.02 Å². The molecule has 0 aliphatic carbocycles. The van der Waals surface area contributed by atoms with E-state index in [0.717, 1.165) is 11.3 Å². The quantitative estimate of drug-likeness (QED) is 0.323. The van der Waals surface area contributed by atoms with Gasteiger partial charge in [-0.05, 0) is 48.4 Å². The Bertz CT molecular complexity index is 1170. The lowest BCUT2D eigenvalue weighted by molar-refractivity contribution is -0.139. The minimum absolute atomic E-state index is 0.0857. The van der Waals surface area contributed by atoms with Gasteiger partial charge in [0.25, 0.3) is 11.7 Å². The fourth-order valence-electron chi connectivity index (χ4n) is 4.02. The van der Waals surface area contributed by atoms with Crippen molar-refractivity contribution in [1.82, 2.24) is 14.5 Å². The van der Waals surface area contributed by atoms with E-state index in [1.165, 1.54) is 0 Å². The number of hydrogen-bond acceptors (Lipinski definition) is 5. The highest BCUT2D eigenvalue weighted by molar-refractivity contribution is 6.46. The maximum atomic E-state index is 13.1. The standard InChI is InChI=1S/C25H25ClN4O3/c1-28(2)20-10-6-17(7-11-20)22-21(23(31)18-4-8-19(26)9-5-18)24(32)25(33)30(22)14-3-13-29-15-12-27-16-29/h4-12,15-16,22,31H,3,13-14H2,1-2H3/t22-/m1/s1. The number of ketones is 1. The molecule has 3 aromatic rings. The number of aryl methyl sites for hydroxylation is 1. The molecular weight excluding hydrogens is 440 g/mol. The number of carbonyl (C=O) groups excluding carboxylic acids is 2. The van der Waals surface area contributed by atoms with E-state index in [4.69, 9.17) is 11.6 Å². The summed E-state index contributed by atoms with van der Waals surface area (Å²) in [5.41, 5.74) is 2.28. The summed E-state index contributed by atoms with van der Waals surface area (Å²) in [6.45, 7) is 1.02. The maximum Gasteiger partial charge on any atom is 0.295 e. The second-order valence-electron chi connectivity index (χ2n) is 8.14. The summed E-state index contributed by atoms with van der Waals surface area (Å²) < 4.78 is 1.92. The first-order valence-electron chi connectivity index (χ1n) is 10.6. The van der Waals surface area contributed by atoms with Crippen LogP contribution in [0.1, 0.15) is 23.6 Å². The van der Waals surface area contributed by atoms with Gasteiger partial charge in [-0.15, -0.1) is 0 Å². The molecule has 1 amide bonds. The Morgan fingerprint density at radius 3 is 2.36 bits per heavy atom. The summed E-state index contributed by atoms with van der Waals surface area (Å²) in [6, 6.07) is 13.5. The molecule has 1 aromatic heterocycles. The largest absolute Gasteiger partial charge is 0.507 e. The Morgan fingerprint density at radius 1 is 1.06 bits per heavy atom. The van der Waals surface area contributed by atoms with Crippen molar-refractivity contribution >= 4 is 34.7 Å². The van der Waals surface area contributed by atoms with Crippen LogP contribution in [0.5, 0.6) is 0 Å². The second kappa shape index (κ2) is 9.50. The summed E-state index contributed by atoms with van der Waals surface area (Å²) in [6.07, 6.45) is 5.90. The van der Waals surface area contributed by atoms with Gasteiger partial charge in [0.15, 0.2) is 0 Å². The number of halogens is 1. The molecule has 0 radical (unpaired) electrons. The van der Waals surface area contributed by atoms with Gasteiger partial charge < -0.3 is 19.5 Å². The number of likely N-dealkylation sites (tertiary alicyclic amines) is 1. The normalized spacial score (nSPS) is 17.5. The van der Waals surface area contributed by atoms with Gasteiger partial charge in [0, 0.05) is 55.9 Å². The Hall–Kier alpha value is -3.58. The average molecular weight is 465 g/mol. The number of anilines is 1. The molecule has 1 atom stereocenters. The van der Waals surface area contributed by atoms with E-state index in [1.54, 1.807) is 41.7 Å². The van der Waals surface area contributed by atoms with Crippen molar-refractivity contribution in [3.63, 3.8) is 0 Å². The number of carbonyl (C=O) groups is 2. The summed E-state index contributed by atoms with van der Waals surface area (Å²) in [5.74, 6) is -1.51. The van der Waals surface area contributed by atoms with E-state index in [-0.39, 0.29) is 11.3 Å². The Labute approximate surface area is 197 Å². The van der Waals surface area contributed by atoms with Crippen LogP contribution >= 0.6 is 11.6 Å². The van der Waals surface area contributed by atoms with Crippen molar-refractivity contribution in [3.05, 3.63) is 89.0 Å². The number of aliphatic hydroxyl groups excluding tert-OH is 1. The Morgan fingerprint density at radius 2 is 1.76 bits per heavy atom. The van der Waals surface area contributed by atoms with Gasteiger partial charge in [-0.1, -0.05) is 23.7 Å². The Balaban J connectivity index is 1.73. The molecule has 1 N–H and O–H groups in total. The molecule has 0 saturated carbocycles. The molecule has 2 heterocycles. The minimum Gasteiger partial charge on any atom is -0.507 e. The molecule has 1 saturated heterocycles. The smallest absolute Gasteiger partial charge is 0.295 e. The number of rotatable bonds is 7. The van der Waals surface area contributed by atoms with E-state index in [9.17, 15) is 14.7 Å². The van der Waals surface area contributed by atoms with Crippen molar-refractivity contribution in [2.75, 3.05) is 25.5 Å². The van der Waals surface area contributed by atoms with Crippen LogP contribution in [0.4, 0.5) is 5.69 Å². The molecule has 1 fully saturated rings. The van der Waals surface area contributed by atoms with Gasteiger partial charge in [-0.25, -0.2) is 4.98 Å². The number of Topliss-reactive ketones (excluding diaryl/α,β-unsaturated/α-hetero) is 1. The molecule has 4 rings (SSSR count). The highest BCUT2D eigenvalue weighted by Crippen LogP contribution is 2.40. The van der Waals surface area contributed by atoms with Crippen molar-refractivity contribution in [2.45, 2.75) is 19.0 Å². The number of aromatic nitrogens is 2. The zero-order valence-corrected chi connectivity index (χ0v) is 19.2. The first-order valence-corrected chi connectivity index (χ1v) is 11.0. The van der Waals surface area contributed by atoms with E-state index >= 15 is 0 Å². The fourth-order valence-corrected chi connectivity index (χ4v) is 4.14. The number of aliphatic hydroxyl groups is 1. The van der Waals surface area contributed by atoms with Crippen molar-refractivity contribution in [3.8, 4) is 0 Å². The second-order valence-corrected chi connectivity index (χ2v) is 8.58. The van der Waals surface area contributed by atoms with Crippen LogP contribution in [0.15, 0.2) is 72.8 Å². The van der Waals surface area contributed by atoms with Crippen LogP contribution in [0.25, 0.3) is 5.76 Å². The molecule has 2 aromatic carbocycles. The monoisotopic (exact) mass is 464 g/mol. The molecule has 33 heavy (non-hydrogen) atoms. The highest BCUT2D eigenvalue weighted by atomic mass is 35.5. The molecule has 7 nitrogen and oxygen atoms in total. The molecule has 0 spiro atoms. The molecular formula is C25H25ClN4O3. The van der Waals surface area contributed by atoms with Crippen LogP contribution < -0.4 is 4.90 Å². The van der Waals surface area contributed by atoms with Crippen LogP contribution in [-0.4, -0.2) is 51.9 Å². The molecule has 8 heteroatoms. The molecule has 0 unspecified atom stereocenters. The lowest BCUT2D eigenvalue weighted by atomic mass is 9.95. The van der Waals surface area contributed by atoms with E-state index < -0.39 is 17.7 Å². The summed E-state index contributed by atoms with van der Waals surface area (Å²) in [7, 11) is 3.88. The zero-order chi connectivity index (χ0) is 23.5. The van der Waals surface area contributed by atoms with E-state index in [0.29, 0.717) is 30.1 Å². The van der Waals surface area contributed by atoms with Gasteiger partial charge in [-0.2, -0.15) is 0 Å². The third-order valence-electron chi connectivity index (χ3n) is 5.76. The predicted octanol–water partition coefficient (Wildman–Crippen LogP) is 4.11. The van der Waals surface area contributed by atoms with Crippen molar-refractivity contribution < 1.29 is 14.7 Å². The number of amides is 1. The van der Waals surface area contributed by atoms with Gasteiger partial charge >= 0.3 is 0 Å². The van der Waals surface area contributed by atoms with Crippen LogP contribution in [0.3, 0.4) is 0 Å². The lowest BCUT2D eigenvalue weighted by Crippen LogP contribution is -2.31. The first-order chi connectivity index (χ1) is 15.9. The number of imidazole rings is 1. The first kappa shape index (κ1) is 22.6. The molecule has 0 bridgehead atoms. The number of hydrogen-bond donors (Lipinski definition) is 1. The van der Waals surface area contributed by atoms with Gasteiger partial charge in [0.1, 0.15) is 5.76 Å². The highest BCUT2D eigenvalue weighted by Gasteiger charge is 2.45. The summed E-state index contributed by atoms with van der Waals surface area (Å²) in [5, 5.41) is 11.6. The van der Waals surface area contributed by atoms with E-state index in [2.05, 4.69) is 4.98 Å². The summed E-state index contributed by atoms with van der Waals surface area (Å²) in [4.78, 5) is 33.7. The van der Waals surface area contributed by atoms with Crippen LogP contribution in [-0.2, 0) is 16.1 Å². The number of nitrogens with zero attached hydrogens (tertiary/aromatic N) is 4. The number of benzene rings is 2. The fraction of sp³-hybridized carbons (Fsp3) is 0.240. The van der Waals surface area contributed by atoms with E-state index in [1.807, 2.05) is 54.0 Å². The zero-order valence-electron chi connectivity index (χ0n) is 18.5. The van der Waals surface area contributed by atoms with Crippen molar-refractivity contribution in [1.29, 1.82) is 0 Å². The van der Waals surface area contributed by atoms with Crippen LogP contribution in [0, 0.1) is 0 Å². The minimum atomic E-state index is -0.688. The average Bonchev–Trinajstić information content (AvgIpc) is 3.41.